The molecule has 1 saturated heterocycles. The number of hydrogen-bond donors (Lipinski definition) is 1. The average Bonchev–Trinajstić information content (AvgIpc) is 3.13. The Hall–Kier alpha value is -0.860. The molecule has 3 rings (SSSR count). The molecule has 0 radical (unpaired) electrons. The Morgan fingerprint density at radius 3 is 2.78 bits per heavy atom. The van der Waals surface area contributed by atoms with Gasteiger partial charge in [-0.1, -0.05) is 37.3 Å². The summed E-state index contributed by atoms with van der Waals surface area (Å²) in [5.74, 6) is 0.931. The van der Waals surface area contributed by atoms with Gasteiger partial charge < -0.3 is 5.32 Å². The molecular weight excluding hydrogens is 220 g/mol. The van der Waals surface area contributed by atoms with Crippen LogP contribution in [-0.2, 0) is 6.42 Å². The van der Waals surface area contributed by atoms with Crippen molar-refractivity contribution in [2.24, 2.45) is 5.92 Å². The van der Waals surface area contributed by atoms with Crippen molar-refractivity contribution in [2.45, 2.75) is 38.3 Å². The van der Waals surface area contributed by atoms with Gasteiger partial charge in [0, 0.05) is 18.6 Å². The SMILES string of the molecule is CC1CC1N1CCCNC(Cc2ccccc2)C1. The highest BCUT2D eigenvalue weighted by atomic mass is 15.2. The number of nitrogens with zero attached hydrogens (tertiary/aromatic N) is 1. The number of rotatable bonds is 3. The number of hydrogen-bond acceptors (Lipinski definition) is 2. The van der Waals surface area contributed by atoms with Crippen molar-refractivity contribution in [2.75, 3.05) is 19.6 Å². The van der Waals surface area contributed by atoms with E-state index in [0.29, 0.717) is 6.04 Å². The van der Waals surface area contributed by atoms with Crippen LogP contribution in [0, 0.1) is 5.92 Å². The summed E-state index contributed by atoms with van der Waals surface area (Å²) in [5, 5.41) is 3.72. The molecule has 1 aliphatic heterocycles. The summed E-state index contributed by atoms with van der Waals surface area (Å²) < 4.78 is 0. The first kappa shape index (κ1) is 12.2. The fourth-order valence-electron chi connectivity index (χ4n) is 3.18. The molecular formula is C16H24N2. The minimum absolute atomic E-state index is 0.628. The smallest absolute Gasteiger partial charge is 0.0235 e. The van der Waals surface area contributed by atoms with Crippen molar-refractivity contribution in [1.82, 2.24) is 10.2 Å². The van der Waals surface area contributed by atoms with Crippen molar-refractivity contribution < 1.29 is 0 Å². The molecule has 2 fully saturated rings. The van der Waals surface area contributed by atoms with Crippen molar-refractivity contribution in [3.8, 4) is 0 Å². The molecule has 2 nitrogen and oxygen atoms in total. The van der Waals surface area contributed by atoms with E-state index in [9.17, 15) is 0 Å². The van der Waals surface area contributed by atoms with Crippen molar-refractivity contribution >= 4 is 0 Å². The fourth-order valence-corrected chi connectivity index (χ4v) is 3.18. The van der Waals surface area contributed by atoms with Gasteiger partial charge in [-0.05, 0) is 43.8 Å². The first-order valence-corrected chi connectivity index (χ1v) is 7.34. The third-order valence-electron chi connectivity index (χ3n) is 4.37. The molecule has 1 aromatic carbocycles. The van der Waals surface area contributed by atoms with Crippen molar-refractivity contribution in [1.29, 1.82) is 0 Å². The van der Waals surface area contributed by atoms with Gasteiger partial charge in [-0.15, -0.1) is 0 Å². The molecule has 2 heteroatoms. The van der Waals surface area contributed by atoms with E-state index in [-0.39, 0.29) is 0 Å². The zero-order valence-electron chi connectivity index (χ0n) is 11.3. The van der Waals surface area contributed by atoms with Gasteiger partial charge in [0.05, 0.1) is 0 Å². The fraction of sp³-hybridized carbons (Fsp3) is 0.625. The summed E-state index contributed by atoms with van der Waals surface area (Å²) in [6.07, 6.45) is 3.88. The standard InChI is InChI=1S/C16H24N2/c1-13-10-16(13)18-9-5-8-17-15(12-18)11-14-6-3-2-4-7-14/h2-4,6-7,13,15-17H,5,8-12H2,1H3. The largest absolute Gasteiger partial charge is 0.312 e. The summed E-state index contributed by atoms with van der Waals surface area (Å²) in [7, 11) is 0. The van der Waals surface area contributed by atoms with E-state index in [1.807, 2.05) is 0 Å². The van der Waals surface area contributed by atoms with Crippen LogP contribution in [0.2, 0.25) is 0 Å². The lowest BCUT2D eigenvalue weighted by Crippen LogP contribution is -2.40. The van der Waals surface area contributed by atoms with Crippen LogP contribution in [0.1, 0.15) is 25.3 Å². The second kappa shape index (κ2) is 5.41. The highest BCUT2D eigenvalue weighted by Gasteiger charge is 2.38. The molecule has 0 amide bonds. The first-order chi connectivity index (χ1) is 8.83. The molecule has 0 spiro atoms. The van der Waals surface area contributed by atoms with Crippen LogP contribution in [-0.4, -0.2) is 36.6 Å². The molecule has 1 aliphatic carbocycles. The van der Waals surface area contributed by atoms with E-state index < -0.39 is 0 Å². The van der Waals surface area contributed by atoms with E-state index in [1.165, 1.54) is 44.5 Å². The molecule has 18 heavy (non-hydrogen) atoms. The van der Waals surface area contributed by atoms with Gasteiger partial charge in [0.2, 0.25) is 0 Å². The third-order valence-corrected chi connectivity index (χ3v) is 4.37. The van der Waals surface area contributed by atoms with E-state index in [2.05, 4.69) is 47.5 Å². The van der Waals surface area contributed by atoms with E-state index in [1.54, 1.807) is 0 Å². The Morgan fingerprint density at radius 1 is 1.28 bits per heavy atom. The number of benzene rings is 1. The summed E-state index contributed by atoms with van der Waals surface area (Å²) in [4.78, 5) is 2.72. The molecule has 1 saturated carbocycles. The second-order valence-corrected chi connectivity index (χ2v) is 5.97. The Morgan fingerprint density at radius 2 is 2.06 bits per heavy atom. The Labute approximate surface area is 110 Å². The van der Waals surface area contributed by atoms with Crippen LogP contribution in [0.25, 0.3) is 0 Å². The predicted molar refractivity (Wildman–Crippen MR) is 75.7 cm³/mol. The predicted octanol–water partition coefficient (Wildman–Crippen LogP) is 2.30. The van der Waals surface area contributed by atoms with Crippen LogP contribution < -0.4 is 5.32 Å². The van der Waals surface area contributed by atoms with Gasteiger partial charge in [-0.25, -0.2) is 0 Å². The Bertz CT molecular complexity index is 376. The van der Waals surface area contributed by atoms with Crippen molar-refractivity contribution in [3.05, 3.63) is 35.9 Å². The minimum Gasteiger partial charge on any atom is -0.312 e. The topological polar surface area (TPSA) is 15.3 Å². The molecule has 3 atom stereocenters. The molecule has 0 aromatic heterocycles. The molecule has 98 valence electrons. The van der Waals surface area contributed by atoms with E-state index in [4.69, 9.17) is 0 Å². The number of nitrogens with one attached hydrogen (secondary N) is 1. The minimum atomic E-state index is 0.628. The second-order valence-electron chi connectivity index (χ2n) is 5.97. The average molecular weight is 244 g/mol. The lowest BCUT2D eigenvalue weighted by molar-refractivity contribution is 0.248. The zero-order chi connectivity index (χ0) is 12.4. The van der Waals surface area contributed by atoms with Gasteiger partial charge in [0.1, 0.15) is 0 Å². The van der Waals surface area contributed by atoms with Gasteiger partial charge in [-0.3, -0.25) is 4.90 Å². The lowest BCUT2D eigenvalue weighted by atomic mass is 10.1. The monoisotopic (exact) mass is 244 g/mol. The maximum Gasteiger partial charge on any atom is 0.0235 e. The molecule has 3 unspecified atom stereocenters. The Kier molecular flexibility index (Phi) is 3.67. The Balaban J connectivity index is 1.60. The summed E-state index contributed by atoms with van der Waals surface area (Å²) >= 11 is 0. The molecule has 1 heterocycles. The maximum absolute atomic E-state index is 3.72. The normalized spacial score (nSPS) is 33.1. The third kappa shape index (κ3) is 2.93. The zero-order valence-corrected chi connectivity index (χ0v) is 11.3. The van der Waals surface area contributed by atoms with Crippen LogP contribution in [0.15, 0.2) is 30.3 Å². The first-order valence-electron chi connectivity index (χ1n) is 7.34. The van der Waals surface area contributed by atoms with Crippen LogP contribution in [0.3, 0.4) is 0 Å². The molecule has 2 aliphatic rings. The van der Waals surface area contributed by atoms with Gasteiger partial charge >= 0.3 is 0 Å². The molecule has 1 aromatic rings. The van der Waals surface area contributed by atoms with Gasteiger partial charge in [0.25, 0.3) is 0 Å². The van der Waals surface area contributed by atoms with Crippen LogP contribution in [0.4, 0.5) is 0 Å². The lowest BCUT2D eigenvalue weighted by Gasteiger charge is -2.24. The quantitative estimate of drug-likeness (QED) is 0.877. The highest BCUT2D eigenvalue weighted by Crippen LogP contribution is 2.35. The van der Waals surface area contributed by atoms with Gasteiger partial charge in [-0.2, -0.15) is 0 Å². The van der Waals surface area contributed by atoms with Crippen molar-refractivity contribution in [3.63, 3.8) is 0 Å². The van der Waals surface area contributed by atoms with E-state index >= 15 is 0 Å². The summed E-state index contributed by atoms with van der Waals surface area (Å²) in [5.41, 5.74) is 1.46. The van der Waals surface area contributed by atoms with E-state index in [0.717, 1.165) is 12.0 Å². The van der Waals surface area contributed by atoms with Crippen LogP contribution >= 0.6 is 0 Å². The summed E-state index contributed by atoms with van der Waals surface area (Å²) in [6.45, 7) is 6.07. The van der Waals surface area contributed by atoms with Gasteiger partial charge in [0.15, 0.2) is 0 Å². The summed E-state index contributed by atoms with van der Waals surface area (Å²) in [6, 6.07) is 12.4. The van der Waals surface area contributed by atoms with Crippen LogP contribution in [0.5, 0.6) is 0 Å². The maximum atomic E-state index is 3.72. The molecule has 1 N–H and O–H groups in total. The highest BCUT2D eigenvalue weighted by molar-refractivity contribution is 5.16. The molecule has 0 bridgehead atoms.